The van der Waals surface area contributed by atoms with Gasteiger partial charge < -0.3 is 14.2 Å². The van der Waals surface area contributed by atoms with Gasteiger partial charge in [0.25, 0.3) is 11.1 Å². The van der Waals surface area contributed by atoms with E-state index in [9.17, 15) is 14.4 Å². The van der Waals surface area contributed by atoms with Crippen LogP contribution in [0.2, 0.25) is 0 Å². The van der Waals surface area contributed by atoms with Gasteiger partial charge in [-0.15, -0.1) is 0 Å². The maximum Gasteiger partial charge on any atom is 0.326 e. The highest BCUT2D eigenvalue weighted by atomic mass is 32.2. The van der Waals surface area contributed by atoms with Crippen LogP contribution in [0.3, 0.4) is 0 Å². The van der Waals surface area contributed by atoms with Crippen LogP contribution in [-0.4, -0.2) is 41.8 Å². The monoisotopic (exact) mass is 491 g/mol. The molecule has 0 bridgehead atoms. The number of carbonyl (C=O) groups excluding carboxylic acids is 3. The van der Waals surface area contributed by atoms with Gasteiger partial charge in [0.15, 0.2) is 11.5 Å². The Bertz CT molecular complexity index is 1320. The summed E-state index contributed by atoms with van der Waals surface area (Å²) in [5, 5.41) is 1.80. The van der Waals surface area contributed by atoms with Gasteiger partial charge in [0.05, 0.1) is 18.1 Å². The molecule has 0 aliphatic carbocycles. The summed E-state index contributed by atoms with van der Waals surface area (Å²) in [4.78, 5) is 37.9. The van der Waals surface area contributed by atoms with E-state index in [0.717, 1.165) is 27.6 Å². The van der Waals surface area contributed by atoms with Crippen molar-refractivity contribution in [1.29, 1.82) is 0 Å². The number of hydrogen-bond acceptors (Lipinski definition) is 7. The van der Waals surface area contributed by atoms with E-state index in [1.54, 1.807) is 38.1 Å². The summed E-state index contributed by atoms with van der Waals surface area (Å²) in [5.74, 6) is -0.101. The highest BCUT2D eigenvalue weighted by Gasteiger charge is 2.36. The summed E-state index contributed by atoms with van der Waals surface area (Å²) >= 11 is 0.782. The Morgan fingerprint density at radius 2 is 1.77 bits per heavy atom. The molecule has 0 saturated carbocycles. The van der Waals surface area contributed by atoms with Crippen LogP contribution in [0.5, 0.6) is 11.5 Å². The van der Waals surface area contributed by atoms with Crippen molar-refractivity contribution < 1.29 is 28.6 Å². The van der Waals surface area contributed by atoms with E-state index in [1.165, 1.54) is 12.5 Å². The molecule has 3 aromatic rings. The smallest absolute Gasteiger partial charge is 0.326 e. The number of rotatable bonds is 8. The van der Waals surface area contributed by atoms with Crippen LogP contribution in [0.15, 0.2) is 65.6 Å². The summed E-state index contributed by atoms with van der Waals surface area (Å²) in [6.07, 6.45) is 1.27. The molecule has 8 heteroatoms. The van der Waals surface area contributed by atoms with Crippen LogP contribution in [0.4, 0.5) is 4.79 Å². The maximum absolute atomic E-state index is 12.7. The average molecular weight is 492 g/mol. The summed E-state index contributed by atoms with van der Waals surface area (Å²) in [6.45, 7) is 3.36. The Balaban J connectivity index is 1.46. The van der Waals surface area contributed by atoms with Crippen LogP contribution in [0, 0.1) is 0 Å². The zero-order valence-electron chi connectivity index (χ0n) is 19.6. The molecule has 0 aromatic heterocycles. The van der Waals surface area contributed by atoms with Gasteiger partial charge in [-0.2, -0.15) is 0 Å². The molecule has 4 rings (SSSR count). The number of carbonyl (C=O) groups is 3. The van der Waals surface area contributed by atoms with Gasteiger partial charge in [-0.25, -0.2) is 0 Å². The van der Waals surface area contributed by atoms with Crippen LogP contribution in [-0.2, 0) is 20.9 Å². The molecule has 0 radical (unpaired) electrons. The van der Waals surface area contributed by atoms with Gasteiger partial charge >= 0.3 is 5.97 Å². The third-order valence-electron chi connectivity index (χ3n) is 5.22. The van der Waals surface area contributed by atoms with Crippen molar-refractivity contribution in [2.24, 2.45) is 0 Å². The number of hydrogen-bond donors (Lipinski definition) is 0. The standard InChI is InChI=1S/C27H25NO6S/c1-17(2)34-25(29)15-28-26(30)24(35-27(28)31)14-18-9-11-22(23(13-18)32-3)33-16-19-8-10-20-6-4-5-7-21(20)12-19/h4-14,17H,15-16H2,1-3H3/b24-14+. The highest BCUT2D eigenvalue weighted by molar-refractivity contribution is 8.18. The van der Waals surface area contributed by atoms with Crippen LogP contribution >= 0.6 is 11.8 Å². The molecule has 1 fully saturated rings. The van der Waals surface area contributed by atoms with Gasteiger partial charge in [-0.1, -0.05) is 42.5 Å². The second kappa shape index (κ2) is 10.7. The summed E-state index contributed by atoms with van der Waals surface area (Å²) in [5.41, 5.74) is 1.69. The van der Waals surface area contributed by atoms with Gasteiger partial charge in [0.2, 0.25) is 0 Å². The molecule has 1 aliphatic heterocycles. The fourth-order valence-electron chi connectivity index (χ4n) is 3.60. The molecule has 7 nitrogen and oxygen atoms in total. The van der Waals surface area contributed by atoms with Crippen molar-refractivity contribution in [3.63, 3.8) is 0 Å². The van der Waals surface area contributed by atoms with E-state index in [2.05, 4.69) is 24.3 Å². The Hall–Kier alpha value is -3.78. The molecule has 180 valence electrons. The first-order chi connectivity index (χ1) is 16.8. The zero-order valence-corrected chi connectivity index (χ0v) is 20.5. The Morgan fingerprint density at radius 3 is 2.51 bits per heavy atom. The molecule has 3 aromatic carbocycles. The number of fused-ring (bicyclic) bond motifs is 1. The first-order valence-corrected chi connectivity index (χ1v) is 11.9. The number of esters is 1. The van der Waals surface area contributed by atoms with Crippen LogP contribution in [0.1, 0.15) is 25.0 Å². The van der Waals surface area contributed by atoms with Gasteiger partial charge in [-0.05, 0) is 71.8 Å². The summed E-state index contributed by atoms with van der Waals surface area (Å²) < 4.78 is 16.5. The quantitative estimate of drug-likeness (QED) is 0.308. The first-order valence-electron chi connectivity index (χ1n) is 11.1. The third kappa shape index (κ3) is 5.84. The minimum Gasteiger partial charge on any atom is -0.493 e. The van der Waals surface area contributed by atoms with E-state index in [4.69, 9.17) is 14.2 Å². The van der Waals surface area contributed by atoms with Crippen molar-refractivity contribution in [3.05, 3.63) is 76.7 Å². The van der Waals surface area contributed by atoms with Gasteiger partial charge in [-0.3, -0.25) is 19.3 Å². The number of methoxy groups -OCH3 is 1. The van der Waals surface area contributed by atoms with E-state index >= 15 is 0 Å². The second-order valence-electron chi connectivity index (χ2n) is 8.19. The Labute approximate surface area is 207 Å². The summed E-state index contributed by atoms with van der Waals surface area (Å²) in [7, 11) is 1.54. The lowest BCUT2D eigenvalue weighted by Crippen LogP contribution is -2.35. The highest BCUT2D eigenvalue weighted by Crippen LogP contribution is 2.35. The second-order valence-corrected chi connectivity index (χ2v) is 9.18. The minimum atomic E-state index is -0.627. The predicted molar refractivity (Wildman–Crippen MR) is 135 cm³/mol. The summed E-state index contributed by atoms with van der Waals surface area (Å²) in [6, 6.07) is 19.6. The average Bonchev–Trinajstić information content (AvgIpc) is 3.09. The van der Waals surface area contributed by atoms with Crippen LogP contribution in [0.25, 0.3) is 16.8 Å². The SMILES string of the molecule is COc1cc(/C=C2/SC(=O)N(CC(=O)OC(C)C)C2=O)ccc1OCc1ccc2ccccc2c1. The lowest BCUT2D eigenvalue weighted by Gasteiger charge is -2.13. The molecule has 0 unspecified atom stereocenters. The van der Waals surface area contributed by atoms with Crippen molar-refractivity contribution >= 4 is 45.7 Å². The number of thioether (sulfide) groups is 1. The lowest BCUT2D eigenvalue weighted by atomic mass is 10.1. The molecular weight excluding hydrogens is 466 g/mol. The van der Waals surface area contributed by atoms with Crippen molar-refractivity contribution in [3.8, 4) is 11.5 Å². The molecule has 0 atom stereocenters. The number of benzene rings is 3. The number of ether oxygens (including phenoxy) is 3. The molecule has 1 aliphatic rings. The molecule has 1 saturated heterocycles. The fourth-order valence-corrected chi connectivity index (χ4v) is 4.44. The van der Waals surface area contributed by atoms with Gasteiger partial charge in [0, 0.05) is 0 Å². The molecule has 1 heterocycles. The number of imide groups is 1. The third-order valence-corrected chi connectivity index (χ3v) is 6.13. The lowest BCUT2D eigenvalue weighted by molar-refractivity contribution is -0.149. The number of amides is 2. The topological polar surface area (TPSA) is 82.1 Å². The largest absolute Gasteiger partial charge is 0.493 e. The van der Waals surface area contributed by atoms with E-state index in [0.29, 0.717) is 23.7 Å². The molecular formula is C27H25NO6S. The number of nitrogens with zero attached hydrogens (tertiary/aromatic N) is 1. The molecule has 2 amide bonds. The van der Waals surface area contributed by atoms with E-state index in [1.807, 2.05) is 18.2 Å². The minimum absolute atomic E-state index is 0.222. The Morgan fingerprint density at radius 1 is 1.00 bits per heavy atom. The van der Waals surface area contributed by atoms with E-state index < -0.39 is 23.7 Å². The molecule has 0 spiro atoms. The van der Waals surface area contributed by atoms with Crippen LogP contribution < -0.4 is 9.47 Å². The Kier molecular flexibility index (Phi) is 7.41. The van der Waals surface area contributed by atoms with Crippen molar-refractivity contribution in [1.82, 2.24) is 4.90 Å². The van der Waals surface area contributed by atoms with Crippen molar-refractivity contribution in [2.45, 2.75) is 26.6 Å². The van der Waals surface area contributed by atoms with E-state index in [-0.39, 0.29) is 11.0 Å². The fraction of sp³-hybridized carbons (Fsp3) is 0.222. The predicted octanol–water partition coefficient (Wildman–Crippen LogP) is 5.42. The maximum atomic E-state index is 12.7. The van der Waals surface area contributed by atoms with Crippen molar-refractivity contribution in [2.75, 3.05) is 13.7 Å². The zero-order chi connectivity index (χ0) is 24.9. The first kappa shape index (κ1) is 24.3. The van der Waals surface area contributed by atoms with Gasteiger partial charge in [0.1, 0.15) is 13.2 Å². The molecule has 35 heavy (non-hydrogen) atoms. The molecule has 0 N–H and O–H groups in total. The normalized spacial score (nSPS) is 14.7.